The molecule has 7 nitrogen and oxygen atoms in total. The van der Waals surface area contributed by atoms with E-state index in [0.29, 0.717) is 10.8 Å². The summed E-state index contributed by atoms with van der Waals surface area (Å²) in [5.74, 6) is 0.414. The number of nitrogens with one attached hydrogen (secondary N) is 2. The van der Waals surface area contributed by atoms with Crippen LogP contribution in [0.4, 0.5) is 10.5 Å². The number of hydrogen-bond acceptors (Lipinski definition) is 6. The fourth-order valence-corrected chi connectivity index (χ4v) is 3.49. The molecule has 128 valence electrons. The normalized spacial score (nSPS) is 10.4. The van der Waals surface area contributed by atoms with E-state index >= 15 is 0 Å². The molecule has 0 saturated heterocycles. The molecule has 1 aromatic carbocycles. The summed E-state index contributed by atoms with van der Waals surface area (Å²) < 4.78 is 1.83. The summed E-state index contributed by atoms with van der Waals surface area (Å²) in [6, 6.07) is 12.3. The van der Waals surface area contributed by atoms with Gasteiger partial charge in [-0.2, -0.15) is 0 Å². The Kier molecular flexibility index (Phi) is 5.46. The van der Waals surface area contributed by atoms with Crippen molar-refractivity contribution in [1.82, 2.24) is 20.1 Å². The monoisotopic (exact) mass is 373 g/mol. The minimum absolute atomic E-state index is 0.0681. The number of urea groups is 1. The Morgan fingerprint density at radius 3 is 2.68 bits per heavy atom. The van der Waals surface area contributed by atoms with E-state index in [0.717, 1.165) is 10.7 Å². The number of carbonyl (C=O) groups is 2. The van der Waals surface area contributed by atoms with Crippen LogP contribution < -0.4 is 10.6 Å². The third kappa shape index (κ3) is 4.46. The van der Waals surface area contributed by atoms with E-state index in [1.165, 1.54) is 11.8 Å². The van der Waals surface area contributed by atoms with Gasteiger partial charge >= 0.3 is 6.03 Å². The van der Waals surface area contributed by atoms with Crippen LogP contribution in [0.15, 0.2) is 53.0 Å². The summed E-state index contributed by atoms with van der Waals surface area (Å²) in [6.07, 6.45) is 0. The molecule has 0 radical (unpaired) electrons. The molecule has 2 N–H and O–H groups in total. The standard InChI is InChI=1S/C16H15N5O2S2/c1-21-14(12-8-5-9-24-12)19-20-16(21)25-10-13(22)18-15(23)17-11-6-3-2-4-7-11/h2-9H,10H2,1H3,(H2,17,18,22,23). The topological polar surface area (TPSA) is 88.9 Å². The van der Waals surface area contributed by atoms with Crippen LogP contribution in [0.25, 0.3) is 10.7 Å². The number of para-hydroxylation sites is 1. The molecule has 3 aromatic rings. The predicted molar refractivity (Wildman–Crippen MR) is 98.6 cm³/mol. The maximum Gasteiger partial charge on any atom is 0.325 e. The molecular formula is C16H15N5O2S2. The third-order valence-electron chi connectivity index (χ3n) is 3.19. The van der Waals surface area contributed by atoms with Crippen molar-refractivity contribution in [2.75, 3.05) is 11.1 Å². The number of anilines is 1. The maximum absolute atomic E-state index is 11.9. The van der Waals surface area contributed by atoms with E-state index in [1.54, 1.807) is 35.6 Å². The second-order valence-electron chi connectivity index (χ2n) is 5.00. The lowest BCUT2D eigenvalue weighted by atomic mass is 10.3. The van der Waals surface area contributed by atoms with Gasteiger partial charge in [-0.3, -0.25) is 10.1 Å². The van der Waals surface area contributed by atoms with E-state index in [2.05, 4.69) is 20.8 Å². The number of rotatable bonds is 5. The van der Waals surface area contributed by atoms with Crippen molar-refractivity contribution < 1.29 is 9.59 Å². The quantitative estimate of drug-likeness (QED) is 0.671. The first-order valence-corrected chi connectivity index (χ1v) is 9.22. The van der Waals surface area contributed by atoms with Gasteiger partial charge in [0.25, 0.3) is 0 Å². The average molecular weight is 373 g/mol. The van der Waals surface area contributed by atoms with Crippen molar-refractivity contribution in [3.05, 3.63) is 47.8 Å². The SMILES string of the molecule is Cn1c(SCC(=O)NC(=O)Nc2ccccc2)nnc1-c1cccs1. The fourth-order valence-electron chi connectivity index (χ4n) is 2.04. The summed E-state index contributed by atoms with van der Waals surface area (Å²) in [5, 5.41) is 15.7. The van der Waals surface area contributed by atoms with Gasteiger partial charge in [0.2, 0.25) is 5.91 Å². The molecule has 0 aliphatic carbocycles. The van der Waals surface area contributed by atoms with E-state index < -0.39 is 11.9 Å². The van der Waals surface area contributed by atoms with Gasteiger partial charge in [-0.25, -0.2) is 4.79 Å². The molecule has 0 spiro atoms. The Morgan fingerprint density at radius 2 is 1.96 bits per heavy atom. The van der Waals surface area contributed by atoms with Gasteiger partial charge in [-0.05, 0) is 23.6 Å². The number of thioether (sulfide) groups is 1. The first-order chi connectivity index (χ1) is 12.1. The summed E-state index contributed by atoms with van der Waals surface area (Å²) in [4.78, 5) is 24.7. The smallest absolute Gasteiger partial charge is 0.308 e. The van der Waals surface area contributed by atoms with E-state index in [4.69, 9.17) is 0 Å². The molecule has 2 heterocycles. The summed E-state index contributed by atoms with van der Waals surface area (Å²) >= 11 is 2.80. The Morgan fingerprint density at radius 1 is 1.16 bits per heavy atom. The van der Waals surface area contributed by atoms with E-state index in [9.17, 15) is 9.59 Å². The minimum Gasteiger partial charge on any atom is -0.308 e. The molecular weight excluding hydrogens is 358 g/mol. The Labute approximate surface area is 152 Å². The zero-order valence-corrected chi connectivity index (χ0v) is 14.9. The number of aromatic nitrogens is 3. The molecule has 0 saturated carbocycles. The average Bonchev–Trinajstić information content (AvgIpc) is 3.23. The molecule has 0 fully saturated rings. The van der Waals surface area contributed by atoms with Crippen LogP contribution in [0.3, 0.4) is 0 Å². The van der Waals surface area contributed by atoms with Gasteiger partial charge in [-0.15, -0.1) is 21.5 Å². The molecule has 0 unspecified atom stereocenters. The summed E-state index contributed by atoms with van der Waals surface area (Å²) in [6.45, 7) is 0. The molecule has 0 aliphatic heterocycles. The molecule has 0 atom stereocenters. The first-order valence-electron chi connectivity index (χ1n) is 7.35. The van der Waals surface area contributed by atoms with Gasteiger partial charge in [-0.1, -0.05) is 36.0 Å². The van der Waals surface area contributed by atoms with Crippen LogP contribution in [-0.4, -0.2) is 32.5 Å². The highest BCUT2D eigenvalue weighted by Crippen LogP contribution is 2.25. The van der Waals surface area contributed by atoms with Gasteiger partial charge in [0.15, 0.2) is 11.0 Å². The minimum atomic E-state index is -0.561. The van der Waals surface area contributed by atoms with Crippen molar-refractivity contribution in [1.29, 1.82) is 0 Å². The number of imide groups is 1. The number of carbonyl (C=O) groups excluding carboxylic acids is 2. The number of hydrogen-bond donors (Lipinski definition) is 2. The third-order valence-corrected chi connectivity index (χ3v) is 5.08. The Balaban J connectivity index is 1.52. The van der Waals surface area contributed by atoms with Crippen LogP contribution in [0.1, 0.15) is 0 Å². The molecule has 0 bridgehead atoms. The molecule has 3 rings (SSSR count). The molecule has 3 amide bonds. The lowest BCUT2D eigenvalue weighted by molar-refractivity contribution is -0.117. The summed E-state index contributed by atoms with van der Waals surface area (Å²) in [5.41, 5.74) is 0.620. The second kappa shape index (κ2) is 7.95. The number of amides is 3. The fraction of sp³-hybridized carbons (Fsp3) is 0.125. The van der Waals surface area contributed by atoms with Gasteiger partial charge < -0.3 is 9.88 Å². The van der Waals surface area contributed by atoms with Crippen LogP contribution in [0.5, 0.6) is 0 Å². The number of benzene rings is 1. The second-order valence-corrected chi connectivity index (χ2v) is 6.89. The van der Waals surface area contributed by atoms with Crippen LogP contribution >= 0.6 is 23.1 Å². The van der Waals surface area contributed by atoms with Crippen molar-refractivity contribution in [2.24, 2.45) is 7.05 Å². The van der Waals surface area contributed by atoms with Crippen LogP contribution in [0, 0.1) is 0 Å². The molecule has 0 aliphatic rings. The van der Waals surface area contributed by atoms with Crippen LogP contribution in [-0.2, 0) is 11.8 Å². The molecule has 9 heteroatoms. The lowest BCUT2D eigenvalue weighted by Gasteiger charge is -2.06. The maximum atomic E-state index is 11.9. The number of nitrogens with zero attached hydrogens (tertiary/aromatic N) is 3. The van der Waals surface area contributed by atoms with E-state index in [1.807, 2.05) is 35.2 Å². The van der Waals surface area contributed by atoms with Gasteiger partial charge in [0.1, 0.15) is 0 Å². The van der Waals surface area contributed by atoms with Crippen molar-refractivity contribution in [3.8, 4) is 10.7 Å². The predicted octanol–water partition coefficient (Wildman–Crippen LogP) is 2.98. The Bertz CT molecular complexity index is 862. The van der Waals surface area contributed by atoms with Crippen molar-refractivity contribution in [2.45, 2.75) is 5.16 Å². The highest BCUT2D eigenvalue weighted by molar-refractivity contribution is 7.99. The van der Waals surface area contributed by atoms with E-state index in [-0.39, 0.29) is 5.75 Å². The molecule has 2 aromatic heterocycles. The lowest BCUT2D eigenvalue weighted by Crippen LogP contribution is -2.35. The van der Waals surface area contributed by atoms with Gasteiger partial charge in [0, 0.05) is 12.7 Å². The van der Waals surface area contributed by atoms with Crippen molar-refractivity contribution in [3.63, 3.8) is 0 Å². The zero-order valence-electron chi connectivity index (χ0n) is 13.3. The largest absolute Gasteiger partial charge is 0.325 e. The Hall–Kier alpha value is -2.65. The zero-order chi connectivity index (χ0) is 17.6. The number of thiophene rings is 1. The first kappa shape index (κ1) is 17.2. The van der Waals surface area contributed by atoms with Crippen LogP contribution in [0.2, 0.25) is 0 Å². The summed E-state index contributed by atoms with van der Waals surface area (Å²) in [7, 11) is 1.84. The highest BCUT2D eigenvalue weighted by Gasteiger charge is 2.14. The highest BCUT2D eigenvalue weighted by atomic mass is 32.2. The molecule has 25 heavy (non-hydrogen) atoms. The van der Waals surface area contributed by atoms with Gasteiger partial charge in [0.05, 0.1) is 10.6 Å². The van der Waals surface area contributed by atoms with Crippen molar-refractivity contribution >= 4 is 40.7 Å².